The number of ether oxygens (including phenoxy) is 4. The van der Waals surface area contributed by atoms with Crippen LogP contribution < -0.4 is 0 Å². The van der Waals surface area contributed by atoms with E-state index in [2.05, 4.69) is 78.8 Å². The summed E-state index contributed by atoms with van der Waals surface area (Å²) in [5.74, 6) is -0.406. The Labute approximate surface area is 376 Å². The van der Waals surface area contributed by atoms with Gasteiger partial charge >= 0.3 is 16.4 Å². The van der Waals surface area contributed by atoms with E-state index in [0.717, 1.165) is 77.0 Å². The third-order valence-electron chi connectivity index (χ3n) is 10.7. The first-order chi connectivity index (χ1) is 30.1. The van der Waals surface area contributed by atoms with E-state index in [0.29, 0.717) is 13.0 Å². The Hall–Kier alpha value is -2.20. The maximum Gasteiger partial charge on any atom is 0.397 e. The summed E-state index contributed by atoms with van der Waals surface area (Å²) in [5.41, 5.74) is 0. The highest BCUT2D eigenvalue weighted by molar-refractivity contribution is 7.80. The normalized spacial score (nSPS) is 20.5. The molecule has 12 nitrogen and oxygen atoms in total. The average Bonchev–Trinajstić information content (AvgIpc) is 3.24. The summed E-state index contributed by atoms with van der Waals surface area (Å²) in [5, 5.41) is 30.6. The molecule has 0 bridgehead atoms. The highest BCUT2D eigenvalue weighted by Crippen LogP contribution is 2.26. The summed E-state index contributed by atoms with van der Waals surface area (Å²) < 4.78 is 59.0. The van der Waals surface area contributed by atoms with Crippen molar-refractivity contribution in [2.75, 3.05) is 26.4 Å². The number of aliphatic hydroxyl groups is 3. The van der Waals surface area contributed by atoms with Gasteiger partial charge in [-0.15, -0.1) is 0 Å². The third-order valence-corrected chi connectivity index (χ3v) is 11.1. The molecule has 0 aliphatic carbocycles. The molecule has 1 fully saturated rings. The van der Waals surface area contributed by atoms with Gasteiger partial charge < -0.3 is 34.3 Å². The number of carbonyl (C=O) groups excluding carboxylic acids is 1. The van der Waals surface area contributed by atoms with Gasteiger partial charge in [0.05, 0.1) is 19.8 Å². The van der Waals surface area contributed by atoms with Crippen molar-refractivity contribution in [2.45, 2.75) is 218 Å². The average molecular weight is 899 g/mol. The molecule has 1 saturated heterocycles. The van der Waals surface area contributed by atoms with Crippen molar-refractivity contribution in [2.24, 2.45) is 0 Å². The van der Waals surface area contributed by atoms with Crippen LogP contribution in [0.1, 0.15) is 181 Å². The first-order valence-corrected chi connectivity index (χ1v) is 25.4. The topological polar surface area (TPSA) is 178 Å². The predicted octanol–water partition coefficient (Wildman–Crippen LogP) is 10.5. The molecule has 1 rings (SSSR count). The van der Waals surface area contributed by atoms with Gasteiger partial charge in [-0.05, 0) is 57.8 Å². The molecule has 1 aliphatic heterocycles. The van der Waals surface area contributed by atoms with Crippen molar-refractivity contribution in [3.05, 3.63) is 60.8 Å². The Bertz CT molecular complexity index is 1310. The van der Waals surface area contributed by atoms with Gasteiger partial charge in [-0.3, -0.25) is 9.35 Å². The van der Waals surface area contributed by atoms with E-state index >= 15 is 0 Å². The van der Waals surface area contributed by atoms with E-state index in [1.807, 2.05) is 0 Å². The molecule has 0 aromatic heterocycles. The number of aliphatic hydroxyl groups excluding tert-OH is 3. The van der Waals surface area contributed by atoms with Crippen LogP contribution in [0.2, 0.25) is 0 Å². The van der Waals surface area contributed by atoms with E-state index in [9.17, 15) is 28.5 Å². The Morgan fingerprint density at radius 3 is 1.63 bits per heavy atom. The number of rotatable bonds is 41. The molecule has 6 unspecified atom stereocenters. The van der Waals surface area contributed by atoms with E-state index in [1.54, 1.807) is 0 Å². The van der Waals surface area contributed by atoms with Gasteiger partial charge in [0.2, 0.25) is 0 Å². The zero-order valence-electron chi connectivity index (χ0n) is 38.4. The molecule has 0 aromatic carbocycles. The van der Waals surface area contributed by atoms with Crippen LogP contribution in [0.4, 0.5) is 0 Å². The lowest BCUT2D eigenvalue weighted by atomic mass is 9.99. The van der Waals surface area contributed by atoms with Crippen LogP contribution in [0.25, 0.3) is 0 Å². The second-order valence-corrected chi connectivity index (χ2v) is 17.4. The van der Waals surface area contributed by atoms with Crippen LogP contribution in [0, 0.1) is 0 Å². The fraction of sp³-hybridized carbons (Fsp3) is 0.776. The fourth-order valence-corrected chi connectivity index (χ4v) is 7.56. The SMILES string of the molecule is CC/C=C\C/C=C\C/C=C\C/C=C\C/C=C\CCCCCCCCCCCCOCC(COC1OC(CO)C(O)C(OS(=O)(=O)O)C1O)OC(=O)CCCCCCCCCCC. The minimum absolute atomic E-state index is 0.0321. The summed E-state index contributed by atoms with van der Waals surface area (Å²) in [7, 11) is -5.06. The number of carbonyl (C=O) groups is 1. The lowest BCUT2D eigenvalue weighted by Crippen LogP contribution is -2.60. The molecular weight excluding hydrogens is 813 g/mol. The van der Waals surface area contributed by atoms with Gasteiger partial charge in [-0.25, -0.2) is 4.18 Å². The summed E-state index contributed by atoms with van der Waals surface area (Å²) in [6, 6.07) is 0. The zero-order chi connectivity index (χ0) is 45.4. The van der Waals surface area contributed by atoms with Gasteiger partial charge in [0.25, 0.3) is 0 Å². The predicted molar refractivity (Wildman–Crippen MR) is 248 cm³/mol. The van der Waals surface area contributed by atoms with E-state index in [4.69, 9.17) is 23.5 Å². The Morgan fingerprint density at radius 1 is 0.629 bits per heavy atom. The molecule has 0 spiro atoms. The maximum absolute atomic E-state index is 12.8. The van der Waals surface area contributed by atoms with Crippen LogP contribution in [-0.4, -0.2) is 97.5 Å². The van der Waals surface area contributed by atoms with Gasteiger partial charge in [0, 0.05) is 13.0 Å². The summed E-state index contributed by atoms with van der Waals surface area (Å²) in [6.45, 7) is 3.83. The third kappa shape index (κ3) is 33.3. The summed E-state index contributed by atoms with van der Waals surface area (Å²) >= 11 is 0. The molecule has 13 heteroatoms. The van der Waals surface area contributed by atoms with Crippen molar-refractivity contribution in [1.29, 1.82) is 0 Å². The van der Waals surface area contributed by atoms with E-state index in [-0.39, 0.29) is 19.6 Å². The summed E-state index contributed by atoms with van der Waals surface area (Å²) in [6.07, 6.45) is 41.3. The zero-order valence-corrected chi connectivity index (χ0v) is 39.2. The lowest BCUT2D eigenvalue weighted by Gasteiger charge is -2.41. The largest absolute Gasteiger partial charge is 0.457 e. The molecule has 62 heavy (non-hydrogen) atoms. The highest BCUT2D eigenvalue weighted by Gasteiger charge is 2.48. The van der Waals surface area contributed by atoms with Crippen molar-refractivity contribution < 1.29 is 56.2 Å². The van der Waals surface area contributed by atoms with Gasteiger partial charge in [-0.2, -0.15) is 8.42 Å². The molecule has 1 heterocycles. The minimum Gasteiger partial charge on any atom is -0.457 e. The first kappa shape index (κ1) is 57.8. The van der Waals surface area contributed by atoms with E-state index in [1.165, 1.54) is 77.0 Å². The maximum atomic E-state index is 12.8. The van der Waals surface area contributed by atoms with Crippen LogP contribution >= 0.6 is 0 Å². The number of esters is 1. The Kier molecular flexibility index (Phi) is 37.6. The van der Waals surface area contributed by atoms with Gasteiger partial charge in [0.1, 0.15) is 30.5 Å². The molecule has 360 valence electrons. The highest BCUT2D eigenvalue weighted by atomic mass is 32.3. The molecular formula is C49H86O12S. The molecule has 4 N–H and O–H groups in total. The monoisotopic (exact) mass is 899 g/mol. The van der Waals surface area contributed by atoms with Crippen molar-refractivity contribution in [1.82, 2.24) is 0 Å². The second-order valence-electron chi connectivity index (χ2n) is 16.3. The minimum atomic E-state index is -5.06. The van der Waals surface area contributed by atoms with Crippen LogP contribution in [0.5, 0.6) is 0 Å². The molecule has 1 aliphatic rings. The second kappa shape index (κ2) is 40.3. The number of allylic oxidation sites excluding steroid dienone is 10. The lowest BCUT2D eigenvalue weighted by molar-refractivity contribution is -0.301. The van der Waals surface area contributed by atoms with Crippen molar-refractivity contribution >= 4 is 16.4 Å². The van der Waals surface area contributed by atoms with Crippen LogP contribution in [-0.2, 0) is 38.3 Å². The standard InChI is InChI=1S/C49H86O12S/c1-3-5-7-9-11-13-14-15-16-17-18-19-20-21-22-23-24-25-26-27-28-29-31-33-35-37-39-57-41-43(59-45(51)38-36-34-32-30-12-10-8-6-4-2)42-58-49-47(53)48(61-62(54,55)56)46(52)44(40-50)60-49/h5,7,11,13,15-16,18-19,21-22,43-44,46-50,52-53H,3-4,6,8-10,12,14,17,20,23-42H2,1-2H3,(H,54,55,56)/b7-5-,13-11-,16-15-,19-18-,22-21-. The van der Waals surface area contributed by atoms with Crippen molar-refractivity contribution in [3.63, 3.8) is 0 Å². The van der Waals surface area contributed by atoms with Crippen LogP contribution in [0.15, 0.2) is 60.8 Å². The molecule has 0 amide bonds. The fourth-order valence-electron chi connectivity index (χ4n) is 7.05. The van der Waals surface area contributed by atoms with E-state index < -0.39 is 59.8 Å². The Morgan fingerprint density at radius 2 is 1.11 bits per heavy atom. The van der Waals surface area contributed by atoms with Gasteiger partial charge in [0.15, 0.2) is 6.29 Å². The number of hydrogen-bond acceptors (Lipinski definition) is 11. The first-order valence-electron chi connectivity index (χ1n) is 24.0. The molecule has 0 saturated carbocycles. The number of hydrogen-bond donors (Lipinski definition) is 4. The molecule has 6 atom stereocenters. The Balaban J connectivity index is 2.29. The quantitative estimate of drug-likeness (QED) is 0.0198. The van der Waals surface area contributed by atoms with Crippen LogP contribution in [0.3, 0.4) is 0 Å². The molecule has 0 radical (unpaired) electrons. The number of unbranched alkanes of at least 4 members (excludes halogenated alkanes) is 18. The molecule has 0 aromatic rings. The smallest absolute Gasteiger partial charge is 0.397 e. The summed E-state index contributed by atoms with van der Waals surface area (Å²) in [4.78, 5) is 12.8. The van der Waals surface area contributed by atoms with Gasteiger partial charge in [-0.1, -0.05) is 177 Å². The van der Waals surface area contributed by atoms with Crippen molar-refractivity contribution in [3.8, 4) is 0 Å².